The van der Waals surface area contributed by atoms with Gasteiger partial charge >= 0.3 is 0 Å². The standard InChI is InChI=1S/C20H20FNO2/c1-24-20-11-7-16(14-18(20)21)19(23)10-6-15-4-8-17(9-5-15)22-12-2-3-13-22/h4-11,14H,2-3,12-13H2,1H3/b10-6+. The quantitative estimate of drug-likeness (QED) is 0.605. The lowest BCUT2D eigenvalue weighted by molar-refractivity contribution is 0.104. The first-order valence-electron chi connectivity index (χ1n) is 8.08. The second-order valence-electron chi connectivity index (χ2n) is 5.83. The second-order valence-corrected chi connectivity index (χ2v) is 5.83. The Kier molecular flexibility index (Phi) is 4.94. The predicted molar refractivity (Wildman–Crippen MR) is 94.2 cm³/mol. The lowest BCUT2D eigenvalue weighted by Crippen LogP contribution is -2.17. The number of hydrogen-bond donors (Lipinski definition) is 0. The third kappa shape index (κ3) is 3.65. The highest BCUT2D eigenvalue weighted by atomic mass is 19.1. The monoisotopic (exact) mass is 325 g/mol. The number of benzene rings is 2. The summed E-state index contributed by atoms with van der Waals surface area (Å²) in [6.07, 6.45) is 5.70. The van der Waals surface area contributed by atoms with Crippen LogP contribution in [0.4, 0.5) is 10.1 Å². The molecule has 2 aromatic rings. The topological polar surface area (TPSA) is 29.5 Å². The zero-order valence-corrected chi connectivity index (χ0v) is 13.7. The van der Waals surface area contributed by atoms with E-state index in [-0.39, 0.29) is 11.5 Å². The molecule has 0 atom stereocenters. The molecule has 1 aliphatic rings. The summed E-state index contributed by atoms with van der Waals surface area (Å²) in [6, 6.07) is 12.3. The van der Waals surface area contributed by atoms with Gasteiger partial charge in [-0.15, -0.1) is 0 Å². The van der Waals surface area contributed by atoms with Gasteiger partial charge in [0.15, 0.2) is 17.3 Å². The molecule has 0 unspecified atom stereocenters. The average Bonchev–Trinajstić information content (AvgIpc) is 3.14. The molecule has 0 aliphatic carbocycles. The maximum absolute atomic E-state index is 13.7. The Bertz CT molecular complexity index is 747. The van der Waals surface area contributed by atoms with Gasteiger partial charge in [0, 0.05) is 24.3 Å². The molecule has 3 nitrogen and oxygen atoms in total. The summed E-state index contributed by atoms with van der Waals surface area (Å²) in [5, 5.41) is 0. The molecule has 1 saturated heterocycles. The maximum Gasteiger partial charge on any atom is 0.185 e. The van der Waals surface area contributed by atoms with E-state index in [1.165, 1.54) is 43.8 Å². The highest BCUT2D eigenvalue weighted by Gasteiger charge is 2.11. The van der Waals surface area contributed by atoms with Gasteiger partial charge in [0.25, 0.3) is 0 Å². The summed E-state index contributed by atoms with van der Waals surface area (Å²) in [6.45, 7) is 2.22. The highest BCUT2D eigenvalue weighted by molar-refractivity contribution is 6.06. The minimum absolute atomic E-state index is 0.132. The average molecular weight is 325 g/mol. The molecule has 24 heavy (non-hydrogen) atoms. The molecule has 0 saturated carbocycles. The van der Waals surface area contributed by atoms with E-state index in [0.717, 1.165) is 18.7 Å². The number of rotatable bonds is 5. The van der Waals surface area contributed by atoms with Gasteiger partial charge < -0.3 is 9.64 Å². The summed E-state index contributed by atoms with van der Waals surface area (Å²) in [5.41, 5.74) is 2.46. The Morgan fingerprint density at radius 1 is 1.12 bits per heavy atom. The van der Waals surface area contributed by atoms with Crippen molar-refractivity contribution < 1.29 is 13.9 Å². The summed E-state index contributed by atoms with van der Waals surface area (Å²) < 4.78 is 18.5. The third-order valence-corrected chi connectivity index (χ3v) is 4.23. The normalized spacial score (nSPS) is 14.3. The van der Waals surface area contributed by atoms with Crippen LogP contribution >= 0.6 is 0 Å². The Hall–Kier alpha value is -2.62. The van der Waals surface area contributed by atoms with Crippen LogP contribution in [0.5, 0.6) is 5.75 Å². The largest absolute Gasteiger partial charge is 0.494 e. The van der Waals surface area contributed by atoms with Gasteiger partial charge in [0.05, 0.1) is 7.11 Å². The van der Waals surface area contributed by atoms with E-state index in [4.69, 9.17) is 4.74 Å². The van der Waals surface area contributed by atoms with E-state index in [0.29, 0.717) is 5.56 Å². The lowest BCUT2D eigenvalue weighted by atomic mass is 10.1. The summed E-state index contributed by atoms with van der Waals surface area (Å²) in [7, 11) is 1.39. The van der Waals surface area contributed by atoms with Crippen LogP contribution in [0, 0.1) is 5.82 Å². The van der Waals surface area contributed by atoms with E-state index in [1.54, 1.807) is 12.1 Å². The Morgan fingerprint density at radius 3 is 2.46 bits per heavy atom. The smallest absolute Gasteiger partial charge is 0.185 e. The van der Waals surface area contributed by atoms with Gasteiger partial charge in [-0.05, 0) is 54.8 Å². The fourth-order valence-corrected chi connectivity index (χ4v) is 2.86. The number of ether oxygens (including phenoxy) is 1. The molecule has 0 amide bonds. The van der Waals surface area contributed by atoms with Crippen LogP contribution in [0.25, 0.3) is 6.08 Å². The molecule has 0 spiro atoms. The van der Waals surface area contributed by atoms with E-state index in [2.05, 4.69) is 17.0 Å². The molecule has 0 aromatic heterocycles. The number of hydrogen-bond acceptors (Lipinski definition) is 3. The summed E-state index contributed by atoms with van der Waals surface area (Å²) in [4.78, 5) is 14.5. The van der Waals surface area contributed by atoms with Crippen molar-refractivity contribution in [3.63, 3.8) is 0 Å². The first kappa shape index (κ1) is 16.2. The first-order chi connectivity index (χ1) is 11.7. The number of allylic oxidation sites excluding steroid dienone is 1. The number of ketones is 1. The molecule has 4 heteroatoms. The second kappa shape index (κ2) is 7.30. The summed E-state index contributed by atoms with van der Waals surface area (Å²) >= 11 is 0. The number of carbonyl (C=O) groups is 1. The van der Waals surface area contributed by atoms with Crippen molar-refractivity contribution in [1.29, 1.82) is 0 Å². The molecular weight excluding hydrogens is 305 g/mol. The molecule has 3 rings (SSSR count). The molecule has 0 radical (unpaired) electrons. The number of anilines is 1. The van der Waals surface area contributed by atoms with Crippen LogP contribution < -0.4 is 9.64 Å². The Labute approximate surface area is 141 Å². The van der Waals surface area contributed by atoms with Crippen LogP contribution in [-0.4, -0.2) is 26.0 Å². The van der Waals surface area contributed by atoms with E-state index >= 15 is 0 Å². The third-order valence-electron chi connectivity index (χ3n) is 4.23. The molecule has 1 fully saturated rings. The number of carbonyl (C=O) groups excluding carboxylic acids is 1. The molecular formula is C20H20FNO2. The molecule has 124 valence electrons. The first-order valence-corrected chi connectivity index (χ1v) is 8.08. The van der Waals surface area contributed by atoms with Crippen molar-refractivity contribution in [2.45, 2.75) is 12.8 Å². The molecule has 1 aliphatic heterocycles. The van der Waals surface area contributed by atoms with Crippen LogP contribution in [0.15, 0.2) is 48.5 Å². The van der Waals surface area contributed by atoms with Crippen molar-refractivity contribution in [1.82, 2.24) is 0 Å². The van der Waals surface area contributed by atoms with E-state index < -0.39 is 5.82 Å². The van der Waals surface area contributed by atoms with Crippen molar-refractivity contribution in [2.24, 2.45) is 0 Å². The van der Waals surface area contributed by atoms with Gasteiger partial charge in [-0.25, -0.2) is 4.39 Å². The van der Waals surface area contributed by atoms with Crippen molar-refractivity contribution >= 4 is 17.5 Å². The number of halogens is 1. The molecule has 1 heterocycles. The highest BCUT2D eigenvalue weighted by Crippen LogP contribution is 2.21. The summed E-state index contributed by atoms with van der Waals surface area (Å²) in [5.74, 6) is -0.639. The SMILES string of the molecule is COc1ccc(C(=O)/C=C/c2ccc(N3CCCC3)cc2)cc1F. The van der Waals surface area contributed by atoms with E-state index in [9.17, 15) is 9.18 Å². The van der Waals surface area contributed by atoms with Crippen LogP contribution in [-0.2, 0) is 0 Å². The lowest BCUT2D eigenvalue weighted by Gasteiger charge is -2.17. The van der Waals surface area contributed by atoms with Gasteiger partial charge in [0.2, 0.25) is 0 Å². The Balaban J connectivity index is 1.68. The predicted octanol–water partition coefficient (Wildman–Crippen LogP) is 4.33. The van der Waals surface area contributed by atoms with Crippen molar-refractivity contribution in [3.05, 3.63) is 65.5 Å². The van der Waals surface area contributed by atoms with Gasteiger partial charge in [-0.3, -0.25) is 4.79 Å². The number of nitrogens with zero attached hydrogens (tertiary/aromatic N) is 1. The van der Waals surface area contributed by atoms with E-state index in [1.807, 2.05) is 12.1 Å². The fourth-order valence-electron chi connectivity index (χ4n) is 2.86. The fraction of sp³-hybridized carbons (Fsp3) is 0.250. The van der Waals surface area contributed by atoms with Gasteiger partial charge in [-0.1, -0.05) is 18.2 Å². The zero-order chi connectivity index (χ0) is 16.9. The molecule has 2 aromatic carbocycles. The minimum Gasteiger partial charge on any atom is -0.494 e. The maximum atomic E-state index is 13.7. The van der Waals surface area contributed by atoms with Crippen LogP contribution in [0.2, 0.25) is 0 Å². The van der Waals surface area contributed by atoms with Crippen molar-refractivity contribution in [2.75, 3.05) is 25.1 Å². The number of methoxy groups -OCH3 is 1. The minimum atomic E-state index is -0.535. The van der Waals surface area contributed by atoms with Crippen LogP contribution in [0.1, 0.15) is 28.8 Å². The van der Waals surface area contributed by atoms with Gasteiger partial charge in [-0.2, -0.15) is 0 Å². The molecule has 0 bridgehead atoms. The zero-order valence-electron chi connectivity index (χ0n) is 13.7. The Morgan fingerprint density at radius 2 is 1.83 bits per heavy atom. The van der Waals surface area contributed by atoms with Gasteiger partial charge in [0.1, 0.15) is 0 Å². The van der Waals surface area contributed by atoms with Crippen LogP contribution in [0.3, 0.4) is 0 Å². The van der Waals surface area contributed by atoms with Crippen molar-refractivity contribution in [3.8, 4) is 5.75 Å². The molecule has 0 N–H and O–H groups in total.